The lowest BCUT2D eigenvalue weighted by Gasteiger charge is -2.38. The van der Waals surface area contributed by atoms with Gasteiger partial charge in [0.05, 0.1) is 4.88 Å². The summed E-state index contributed by atoms with van der Waals surface area (Å²) in [6.07, 6.45) is 4.29. The minimum absolute atomic E-state index is 0.0628. The number of carboxylic acids is 1. The van der Waals surface area contributed by atoms with Crippen molar-refractivity contribution in [3.05, 3.63) is 21.9 Å². The van der Waals surface area contributed by atoms with E-state index in [1.807, 2.05) is 7.05 Å². The lowest BCUT2D eigenvalue weighted by Crippen LogP contribution is -2.40. The summed E-state index contributed by atoms with van der Waals surface area (Å²) >= 11 is 1.05. The third kappa shape index (κ3) is 3.20. The maximum atomic E-state index is 12.4. The maximum Gasteiger partial charge on any atom is 0.345 e. The van der Waals surface area contributed by atoms with Gasteiger partial charge in [0, 0.05) is 13.1 Å². The molecule has 20 heavy (non-hydrogen) atoms. The molecular weight excluding hydrogens is 274 g/mol. The molecule has 0 aliphatic heterocycles. The fourth-order valence-electron chi connectivity index (χ4n) is 2.68. The quantitative estimate of drug-likeness (QED) is 0.928. The molecule has 110 valence electrons. The van der Waals surface area contributed by atoms with Crippen molar-refractivity contribution in [2.75, 3.05) is 7.05 Å². The molecule has 1 saturated carbocycles. The van der Waals surface area contributed by atoms with Gasteiger partial charge < -0.3 is 10.0 Å². The van der Waals surface area contributed by atoms with Crippen molar-refractivity contribution in [1.29, 1.82) is 0 Å². The summed E-state index contributed by atoms with van der Waals surface area (Å²) in [4.78, 5) is 25.8. The Morgan fingerprint density at radius 2 is 1.80 bits per heavy atom. The van der Waals surface area contributed by atoms with Gasteiger partial charge in [-0.1, -0.05) is 13.8 Å². The van der Waals surface area contributed by atoms with Crippen molar-refractivity contribution in [1.82, 2.24) is 4.90 Å². The summed E-state index contributed by atoms with van der Waals surface area (Å²) < 4.78 is 0. The number of aromatic carboxylic acids is 1. The second kappa shape index (κ2) is 5.56. The van der Waals surface area contributed by atoms with Gasteiger partial charge in [0.2, 0.25) is 0 Å². The molecule has 0 aromatic carbocycles. The van der Waals surface area contributed by atoms with Crippen LogP contribution in [0, 0.1) is 5.41 Å². The minimum Gasteiger partial charge on any atom is -0.477 e. The van der Waals surface area contributed by atoms with Gasteiger partial charge in [-0.2, -0.15) is 0 Å². The molecule has 0 atom stereocenters. The van der Waals surface area contributed by atoms with Gasteiger partial charge in [-0.05, 0) is 43.2 Å². The van der Waals surface area contributed by atoms with E-state index >= 15 is 0 Å². The third-order valence-electron chi connectivity index (χ3n) is 4.20. The number of carboxylic acid groups (broad SMARTS) is 1. The second-order valence-corrected chi connectivity index (χ2v) is 7.36. The molecule has 0 saturated heterocycles. The molecule has 1 aromatic heterocycles. The van der Waals surface area contributed by atoms with Crippen LogP contribution in [0.25, 0.3) is 0 Å². The molecule has 0 radical (unpaired) electrons. The molecular formula is C15H21NO3S. The standard InChI is InChI=1S/C15H21NO3S/c1-15(2)8-6-10(7-9-15)16(3)13(17)11-4-5-12(20-11)14(18)19/h4-5,10H,6-9H2,1-3H3,(H,18,19). The molecule has 4 nitrogen and oxygen atoms in total. The van der Waals surface area contributed by atoms with Gasteiger partial charge >= 0.3 is 5.97 Å². The van der Waals surface area contributed by atoms with Crippen LogP contribution in [0.5, 0.6) is 0 Å². The Bertz CT molecular complexity index is 511. The summed E-state index contributed by atoms with van der Waals surface area (Å²) in [6.45, 7) is 4.53. The number of carbonyl (C=O) groups is 2. The van der Waals surface area contributed by atoms with Gasteiger partial charge in [0.1, 0.15) is 4.88 Å². The zero-order valence-corrected chi connectivity index (χ0v) is 13.0. The Balaban J connectivity index is 2.03. The smallest absolute Gasteiger partial charge is 0.345 e. The van der Waals surface area contributed by atoms with E-state index in [4.69, 9.17) is 5.11 Å². The van der Waals surface area contributed by atoms with Crippen molar-refractivity contribution in [2.24, 2.45) is 5.41 Å². The average molecular weight is 295 g/mol. The van der Waals surface area contributed by atoms with Crippen LogP contribution < -0.4 is 0 Å². The fraction of sp³-hybridized carbons (Fsp3) is 0.600. The fourth-order valence-corrected chi connectivity index (χ4v) is 3.51. The van der Waals surface area contributed by atoms with Gasteiger partial charge in [-0.15, -0.1) is 11.3 Å². The van der Waals surface area contributed by atoms with Gasteiger partial charge in [0.15, 0.2) is 0 Å². The first-order chi connectivity index (χ1) is 9.30. The van der Waals surface area contributed by atoms with E-state index in [0.29, 0.717) is 10.3 Å². The first kappa shape index (κ1) is 15.0. The topological polar surface area (TPSA) is 57.6 Å². The molecule has 0 spiro atoms. The molecule has 1 heterocycles. The zero-order valence-electron chi connectivity index (χ0n) is 12.2. The van der Waals surface area contributed by atoms with E-state index < -0.39 is 5.97 Å². The van der Waals surface area contributed by atoms with Crippen molar-refractivity contribution >= 4 is 23.2 Å². The monoisotopic (exact) mass is 295 g/mol. The molecule has 1 aliphatic rings. The van der Waals surface area contributed by atoms with Crippen LogP contribution >= 0.6 is 11.3 Å². The number of hydrogen-bond donors (Lipinski definition) is 1. The molecule has 1 aromatic rings. The normalized spacial score (nSPS) is 18.8. The number of amides is 1. The Morgan fingerprint density at radius 1 is 1.25 bits per heavy atom. The Morgan fingerprint density at radius 3 is 2.30 bits per heavy atom. The Labute approximate surface area is 123 Å². The molecule has 1 fully saturated rings. The average Bonchev–Trinajstić information content (AvgIpc) is 2.86. The van der Waals surface area contributed by atoms with Crippen LogP contribution in [0.4, 0.5) is 0 Å². The number of thiophene rings is 1. The van der Waals surface area contributed by atoms with Crippen molar-refractivity contribution in [3.8, 4) is 0 Å². The summed E-state index contributed by atoms with van der Waals surface area (Å²) in [7, 11) is 1.82. The lowest BCUT2D eigenvalue weighted by atomic mass is 9.75. The van der Waals surface area contributed by atoms with Crippen LogP contribution in [-0.4, -0.2) is 35.0 Å². The summed E-state index contributed by atoms with van der Waals surface area (Å²) in [6, 6.07) is 3.38. The molecule has 5 heteroatoms. The van der Waals surface area contributed by atoms with Gasteiger partial charge in [-0.25, -0.2) is 4.79 Å². The van der Waals surface area contributed by atoms with Gasteiger partial charge in [-0.3, -0.25) is 4.79 Å². The summed E-state index contributed by atoms with van der Waals surface area (Å²) in [5.41, 5.74) is 0.375. The molecule has 1 N–H and O–H groups in total. The molecule has 1 aliphatic carbocycles. The van der Waals surface area contributed by atoms with Crippen LogP contribution in [-0.2, 0) is 0 Å². The van der Waals surface area contributed by atoms with E-state index in [0.717, 1.165) is 37.0 Å². The highest BCUT2D eigenvalue weighted by molar-refractivity contribution is 7.15. The van der Waals surface area contributed by atoms with E-state index in [1.54, 1.807) is 11.0 Å². The predicted octanol–water partition coefficient (Wildman–Crippen LogP) is 3.49. The first-order valence-electron chi connectivity index (χ1n) is 6.90. The van der Waals surface area contributed by atoms with E-state index in [9.17, 15) is 9.59 Å². The molecule has 1 amide bonds. The number of hydrogen-bond acceptors (Lipinski definition) is 3. The highest BCUT2D eigenvalue weighted by Crippen LogP contribution is 2.37. The lowest BCUT2D eigenvalue weighted by molar-refractivity contribution is 0.0639. The van der Waals surface area contributed by atoms with Crippen molar-refractivity contribution < 1.29 is 14.7 Å². The predicted molar refractivity (Wildman–Crippen MR) is 79.4 cm³/mol. The summed E-state index contributed by atoms with van der Waals surface area (Å²) in [5.74, 6) is -1.04. The number of carbonyl (C=O) groups excluding carboxylic acids is 1. The van der Waals surface area contributed by atoms with Crippen molar-refractivity contribution in [2.45, 2.75) is 45.6 Å². The second-order valence-electron chi connectivity index (χ2n) is 6.28. The molecule has 0 unspecified atom stereocenters. The van der Waals surface area contributed by atoms with Crippen LogP contribution in [0.2, 0.25) is 0 Å². The van der Waals surface area contributed by atoms with Crippen LogP contribution in [0.3, 0.4) is 0 Å². The van der Waals surface area contributed by atoms with Crippen LogP contribution in [0.15, 0.2) is 12.1 Å². The zero-order chi connectivity index (χ0) is 14.9. The van der Waals surface area contributed by atoms with Gasteiger partial charge in [0.25, 0.3) is 5.91 Å². The summed E-state index contributed by atoms with van der Waals surface area (Å²) in [5, 5.41) is 8.91. The number of rotatable bonds is 3. The number of nitrogens with zero attached hydrogens (tertiary/aromatic N) is 1. The maximum absolute atomic E-state index is 12.4. The third-order valence-corrected chi connectivity index (χ3v) is 5.27. The largest absolute Gasteiger partial charge is 0.477 e. The van der Waals surface area contributed by atoms with E-state index in [1.165, 1.54) is 6.07 Å². The van der Waals surface area contributed by atoms with E-state index in [2.05, 4.69) is 13.8 Å². The molecule has 2 rings (SSSR count). The Hall–Kier alpha value is -1.36. The van der Waals surface area contributed by atoms with E-state index in [-0.39, 0.29) is 16.8 Å². The first-order valence-corrected chi connectivity index (χ1v) is 7.72. The highest BCUT2D eigenvalue weighted by Gasteiger charge is 2.31. The Kier molecular flexibility index (Phi) is 4.18. The van der Waals surface area contributed by atoms with Crippen molar-refractivity contribution in [3.63, 3.8) is 0 Å². The minimum atomic E-state index is -0.976. The highest BCUT2D eigenvalue weighted by atomic mass is 32.1. The SMILES string of the molecule is CN(C(=O)c1ccc(C(=O)O)s1)C1CCC(C)(C)CC1. The van der Waals surface area contributed by atoms with Crippen LogP contribution in [0.1, 0.15) is 58.9 Å². The molecule has 0 bridgehead atoms.